The number of nitrogens with one attached hydrogen (secondary N) is 6. The Morgan fingerprint density at radius 3 is 1.45 bits per heavy atom. The lowest BCUT2D eigenvalue weighted by Crippen LogP contribution is -2.47. The number of benzene rings is 1. The van der Waals surface area contributed by atoms with Crippen LogP contribution in [0.5, 0.6) is 6.01 Å². The summed E-state index contributed by atoms with van der Waals surface area (Å²) >= 11 is 0. The van der Waals surface area contributed by atoms with Gasteiger partial charge in [0.05, 0.1) is 11.7 Å². The first-order chi connectivity index (χ1) is 45.5. The van der Waals surface area contributed by atoms with Crippen molar-refractivity contribution < 1.29 is 29.0 Å². The maximum absolute atomic E-state index is 14.0. The number of rotatable bonds is 60. The summed E-state index contributed by atoms with van der Waals surface area (Å²) in [5, 5.41) is 29.6. The first-order valence-corrected chi connectivity index (χ1v) is 40.1. The molecule has 7 atom stereocenters. The largest absolute Gasteiger partial charge is 0.480 e. The maximum atomic E-state index is 14.0. The van der Waals surface area contributed by atoms with Gasteiger partial charge in [0.25, 0.3) is 11.9 Å². The zero-order valence-electron chi connectivity index (χ0n) is 62.2. The molecule has 0 spiro atoms. The molecule has 0 saturated heterocycles. The van der Waals surface area contributed by atoms with Gasteiger partial charge in [0, 0.05) is 18.7 Å². The van der Waals surface area contributed by atoms with Crippen molar-refractivity contribution in [2.45, 2.75) is 299 Å². The van der Waals surface area contributed by atoms with Gasteiger partial charge in [-0.15, -0.1) is 0 Å². The van der Waals surface area contributed by atoms with Crippen LogP contribution in [0.3, 0.4) is 0 Å². The highest BCUT2D eigenvalue weighted by Gasteiger charge is 2.45. The van der Waals surface area contributed by atoms with Gasteiger partial charge < -0.3 is 58.3 Å². The van der Waals surface area contributed by atoms with Gasteiger partial charge in [0.1, 0.15) is 6.04 Å². The molecular formula is C76H143N12O6P. The highest BCUT2D eigenvalue weighted by Crippen LogP contribution is 2.58. The fourth-order valence-electron chi connectivity index (χ4n) is 13.4. The Balaban J connectivity index is 1.66. The van der Waals surface area contributed by atoms with Crippen molar-refractivity contribution in [1.29, 1.82) is 0 Å². The second kappa shape index (κ2) is 49.6. The number of amides is 2. The lowest BCUT2D eigenvalue weighted by molar-refractivity contribution is -0.123. The van der Waals surface area contributed by atoms with Crippen LogP contribution in [0.15, 0.2) is 24.3 Å². The molecule has 0 saturated carbocycles. The number of imidazole rings is 1. The van der Waals surface area contributed by atoms with Crippen molar-refractivity contribution in [3.8, 4) is 6.01 Å². The van der Waals surface area contributed by atoms with E-state index < -0.39 is 18.8 Å². The average Bonchev–Trinajstić information content (AvgIpc) is 1.70. The number of nitrogen functional groups attached to an aromatic ring is 1. The molecule has 0 bridgehead atoms. The number of hydrogen-bond donors (Lipinski definition) is 11. The zero-order valence-corrected chi connectivity index (χ0v) is 63.1. The number of carbonyl (C=O) groups excluding carboxylic acids is 2. The van der Waals surface area contributed by atoms with Gasteiger partial charge in [-0.3, -0.25) is 18.7 Å². The summed E-state index contributed by atoms with van der Waals surface area (Å²) in [6.45, 7) is 32.3. The van der Waals surface area contributed by atoms with Crippen LogP contribution >= 0.6 is 7.60 Å². The molecule has 0 radical (unpaired) electrons. The smallest absolute Gasteiger partial charge is 0.331 e. The van der Waals surface area contributed by atoms with Gasteiger partial charge >= 0.3 is 7.60 Å². The number of fused-ring (bicyclic) bond motifs is 1. The summed E-state index contributed by atoms with van der Waals surface area (Å²) < 4.78 is 15.6. The molecule has 3 rings (SSSR count). The van der Waals surface area contributed by atoms with Crippen LogP contribution in [0.2, 0.25) is 0 Å². The molecule has 18 nitrogen and oxygen atoms in total. The second-order valence-corrected chi connectivity index (χ2v) is 32.5. The quantitative estimate of drug-likeness (QED) is 0.0185. The van der Waals surface area contributed by atoms with Crippen molar-refractivity contribution >= 4 is 42.3 Å². The van der Waals surface area contributed by atoms with E-state index in [0.29, 0.717) is 118 Å². The Bertz CT molecular complexity index is 2460. The Morgan fingerprint density at radius 1 is 0.526 bits per heavy atom. The number of aromatic hydroxyl groups is 1. The van der Waals surface area contributed by atoms with E-state index in [2.05, 4.69) is 123 Å². The van der Waals surface area contributed by atoms with E-state index in [1.807, 2.05) is 0 Å². The van der Waals surface area contributed by atoms with Gasteiger partial charge in [0.15, 0.2) is 17.0 Å². The molecule has 13 N–H and O–H groups in total. The Morgan fingerprint density at radius 2 is 0.979 bits per heavy atom. The van der Waals surface area contributed by atoms with E-state index in [-0.39, 0.29) is 30.2 Å². The summed E-state index contributed by atoms with van der Waals surface area (Å²) in [7, 11) is -4.51. The van der Waals surface area contributed by atoms with E-state index in [1.165, 1.54) is 89.9 Å². The molecule has 95 heavy (non-hydrogen) atoms. The standard InChI is InChI=1S/C76H143N12O6P/c1-12-13-54-83-74-86-70(78)69-71(87-74)88(75(91)85-69)57-66-39-41-67(42-40-66)72(89)84-68(73(90)82-55-25-53-80-51-17-16-50-79-52-24-48-77)38-14-15-49-81-56-47-76(95(92,93)94,45-43-64(10)36-22-34-62(8)32-20-30-60(6)28-18-26-58(2)3)46-44-65(11)37-23-35-63(9)33-21-31-61(7)29-19-27-59(4)5/h39-42,58-65,68,79-81H,12-38,43-57,77H2,1-11H3,(H,82,90)(H,84,89)(H,85,91)(H2,92,93,94)(H3,78,83,86,87)/t60?,61?,62?,63?,64?,65?,68-,76?/m0/s1. The fraction of sp³-hybridized carbons (Fsp3) is 0.829. The fourth-order valence-corrected chi connectivity index (χ4v) is 14.6. The van der Waals surface area contributed by atoms with Crippen molar-refractivity contribution in [3.05, 3.63) is 35.4 Å². The van der Waals surface area contributed by atoms with Crippen LogP contribution in [0.1, 0.15) is 298 Å². The lowest BCUT2D eigenvalue weighted by Gasteiger charge is -2.36. The molecule has 548 valence electrons. The number of nitrogens with zero attached hydrogens (tertiary/aromatic N) is 4. The van der Waals surface area contributed by atoms with Crippen LogP contribution in [-0.4, -0.2) is 116 Å². The monoisotopic (exact) mass is 1350 g/mol. The highest BCUT2D eigenvalue weighted by molar-refractivity contribution is 7.53. The van der Waals surface area contributed by atoms with Crippen molar-refractivity contribution in [3.63, 3.8) is 0 Å². The van der Waals surface area contributed by atoms with Gasteiger partial charge in [-0.2, -0.15) is 15.0 Å². The van der Waals surface area contributed by atoms with Crippen LogP contribution in [-0.2, 0) is 15.9 Å². The molecule has 2 aromatic heterocycles. The molecule has 0 aliphatic carbocycles. The van der Waals surface area contributed by atoms with Crippen molar-refractivity contribution in [1.82, 2.24) is 46.1 Å². The number of hydrogen-bond acceptors (Lipinski definition) is 13. The van der Waals surface area contributed by atoms with Crippen molar-refractivity contribution in [2.24, 2.45) is 53.1 Å². The Labute approximate surface area is 578 Å². The van der Waals surface area contributed by atoms with Crippen LogP contribution < -0.4 is 43.4 Å². The lowest BCUT2D eigenvalue weighted by atomic mass is 9.84. The minimum Gasteiger partial charge on any atom is -0.480 e. The number of unbranched alkanes of at least 4 members (excludes halogenated alkanes) is 3. The molecule has 3 aromatic rings. The van der Waals surface area contributed by atoms with E-state index in [1.54, 1.807) is 28.8 Å². The molecule has 1 aromatic carbocycles. The van der Waals surface area contributed by atoms with Crippen LogP contribution in [0.4, 0.5) is 11.8 Å². The summed E-state index contributed by atoms with van der Waals surface area (Å²) in [5.41, 5.74) is 13.7. The third-order valence-corrected chi connectivity index (χ3v) is 22.1. The van der Waals surface area contributed by atoms with Gasteiger partial charge in [-0.05, 0) is 194 Å². The summed E-state index contributed by atoms with van der Waals surface area (Å²) in [5.74, 6) is 5.21. The minimum atomic E-state index is -4.51. The third kappa shape index (κ3) is 37.2. The molecule has 19 heteroatoms. The first-order valence-electron chi connectivity index (χ1n) is 38.5. The molecule has 6 unspecified atom stereocenters. The number of anilines is 2. The minimum absolute atomic E-state index is 0.162. The molecule has 0 aliphatic heterocycles. The van der Waals surface area contributed by atoms with Gasteiger partial charge in [0.2, 0.25) is 11.9 Å². The predicted molar refractivity (Wildman–Crippen MR) is 400 cm³/mol. The zero-order chi connectivity index (χ0) is 69.9. The number of carbonyl (C=O) groups is 2. The highest BCUT2D eigenvalue weighted by atomic mass is 31.2. The van der Waals surface area contributed by atoms with Gasteiger partial charge in [-0.25, -0.2) is 0 Å². The number of nitrogens with two attached hydrogens (primary N) is 2. The SMILES string of the molecule is CCCCNc1nc(N)c2nc(O)n(Cc3ccc(C(=O)N[C@@H](CCCCNCCC(CCC(C)CCCC(C)CCCC(C)CCCC(C)C)(CCC(C)CCCC(C)CCCC(C)CCCC(C)C)P(=O)(O)O)C(=O)NCCCNCCCCNCCCN)cc3)c2n1. The predicted octanol–water partition coefficient (Wildman–Crippen LogP) is 16.1. The van der Waals surface area contributed by atoms with E-state index in [9.17, 15) is 29.0 Å². The summed E-state index contributed by atoms with van der Waals surface area (Å²) in [6, 6.07) is 6.00. The van der Waals surface area contributed by atoms with Crippen LogP contribution in [0, 0.1) is 47.3 Å². The molecule has 2 heterocycles. The molecule has 2 amide bonds. The van der Waals surface area contributed by atoms with Gasteiger partial charge in [-0.1, -0.05) is 210 Å². The molecule has 0 aliphatic rings. The first kappa shape index (κ1) is 85.3. The summed E-state index contributed by atoms with van der Waals surface area (Å²) in [6.07, 6.45) is 33.2. The Hall–Kier alpha value is -3.90. The molecule has 0 fully saturated rings. The van der Waals surface area contributed by atoms with E-state index >= 15 is 0 Å². The third-order valence-electron chi connectivity index (χ3n) is 20.2. The van der Waals surface area contributed by atoms with Crippen molar-refractivity contribution in [2.75, 3.05) is 70.0 Å². The van der Waals surface area contributed by atoms with Crippen LogP contribution in [0.25, 0.3) is 11.2 Å². The second-order valence-electron chi connectivity index (χ2n) is 30.4. The maximum Gasteiger partial charge on any atom is 0.331 e. The average molecular weight is 1350 g/mol. The summed E-state index contributed by atoms with van der Waals surface area (Å²) in [4.78, 5) is 64.0. The van der Waals surface area contributed by atoms with E-state index in [0.717, 1.165) is 132 Å². The Kier molecular flexibility index (Phi) is 44.5. The molecular weight excluding hydrogens is 1210 g/mol. The topological polar surface area (TPSA) is 280 Å². The number of aromatic nitrogens is 4. The normalized spacial score (nSPS) is 15.0. The van der Waals surface area contributed by atoms with E-state index in [4.69, 9.17) is 11.5 Å².